The van der Waals surface area contributed by atoms with E-state index in [2.05, 4.69) is 190 Å². The van der Waals surface area contributed by atoms with Crippen molar-refractivity contribution in [1.29, 1.82) is 0 Å². The first-order valence-corrected chi connectivity index (χ1v) is 26.1. The van der Waals surface area contributed by atoms with Crippen LogP contribution in [0.3, 0.4) is 0 Å². The zero-order chi connectivity index (χ0) is 36.5. The van der Waals surface area contributed by atoms with Crippen LogP contribution in [0, 0.1) is 12.2 Å². The van der Waals surface area contributed by atoms with Crippen LogP contribution in [-0.4, -0.2) is 9.95 Å². The summed E-state index contributed by atoms with van der Waals surface area (Å²) in [6, 6.07) is 42.9. The molecule has 0 N–H and O–H groups in total. The van der Waals surface area contributed by atoms with Crippen molar-refractivity contribution in [2.75, 3.05) is 0 Å². The molecule has 0 saturated heterocycles. The first kappa shape index (κ1) is 38.2. The molecular weight excluding hydrogens is 854 g/mol. The predicted molar refractivity (Wildman–Crippen MR) is 221 cm³/mol. The van der Waals surface area contributed by atoms with Gasteiger partial charge in [0.15, 0.2) is 0 Å². The number of benzene rings is 4. The van der Waals surface area contributed by atoms with E-state index < -0.39 is 0 Å². The Balaban J connectivity index is 0.000000155. The molecule has 8 rings (SSSR count). The molecule has 4 aliphatic rings. The van der Waals surface area contributed by atoms with E-state index >= 15 is 0 Å². The van der Waals surface area contributed by atoms with Gasteiger partial charge in [0.05, 0.1) is 0 Å². The van der Waals surface area contributed by atoms with E-state index in [1.54, 1.807) is 0 Å². The molecule has 0 spiro atoms. The average molecular weight is 896 g/mol. The maximum absolute atomic E-state index is 5.46. The molecular formula is C48H42Cl2HfSi. The Kier molecular flexibility index (Phi) is 13.6. The molecule has 4 heteroatoms. The molecule has 0 radical (unpaired) electrons. The van der Waals surface area contributed by atoms with Crippen LogP contribution in [0.4, 0.5) is 0 Å². The molecule has 0 fully saturated rings. The summed E-state index contributed by atoms with van der Waals surface area (Å²) in [6.07, 6.45) is 23.0. The Morgan fingerprint density at radius 3 is 1.21 bits per heavy atom. The molecule has 4 aliphatic carbocycles. The van der Waals surface area contributed by atoms with Gasteiger partial charge in [-0.15, -0.1) is 0 Å². The van der Waals surface area contributed by atoms with E-state index in [1.165, 1.54) is 89.8 Å². The Morgan fingerprint density at radius 2 is 0.885 bits per heavy atom. The molecule has 52 heavy (non-hydrogen) atoms. The summed E-state index contributed by atoms with van der Waals surface area (Å²) in [5.41, 5.74) is 15.4. The summed E-state index contributed by atoms with van der Waals surface area (Å²) >= 11 is 12.1. The van der Waals surface area contributed by atoms with Gasteiger partial charge in [-0.1, -0.05) is 171 Å². The second-order valence-electron chi connectivity index (χ2n) is 13.3. The van der Waals surface area contributed by atoms with Crippen molar-refractivity contribution in [3.8, 4) is 0 Å². The summed E-state index contributed by atoms with van der Waals surface area (Å²) in [5.74, 6) is 0.773. The average Bonchev–Trinajstić information content (AvgIpc) is 3.63. The summed E-state index contributed by atoms with van der Waals surface area (Å²) in [6.45, 7) is 6.42. The Labute approximate surface area is 335 Å². The van der Waals surface area contributed by atoms with E-state index in [-0.39, 0.29) is 9.95 Å². The monoisotopic (exact) mass is 896 g/mol. The standard InChI is InChI=1S/2C23H19.C2H4Cl2Si.Hf/c2*1-17-15-22-20(18-9-4-2-5-10-18)13-8-14-21(23(22)16-17)19-11-6-3-7-12-19;1-5-2(3)4;/h2*2-13,15,21H,14H2,1H3;2H,1H3;/q2*-1;;+2. The number of hydrogen-bond acceptors (Lipinski definition) is 0. The van der Waals surface area contributed by atoms with Gasteiger partial charge in [0.2, 0.25) is 0 Å². The molecule has 0 bridgehead atoms. The molecule has 0 heterocycles. The third-order valence-corrected chi connectivity index (χ3v) is 19.1. The van der Waals surface area contributed by atoms with Crippen LogP contribution in [0.15, 0.2) is 191 Å². The topological polar surface area (TPSA) is 0 Å². The van der Waals surface area contributed by atoms with Crippen LogP contribution in [0.25, 0.3) is 11.1 Å². The van der Waals surface area contributed by atoms with E-state index in [9.17, 15) is 0 Å². The molecule has 0 saturated carbocycles. The van der Waals surface area contributed by atoms with Crippen molar-refractivity contribution in [3.05, 3.63) is 226 Å². The van der Waals surface area contributed by atoms with Crippen molar-refractivity contribution in [2.45, 2.75) is 49.5 Å². The van der Waals surface area contributed by atoms with E-state index in [1.807, 2.05) is 0 Å². The minimum absolute atomic E-state index is 0.0401. The third kappa shape index (κ3) is 9.52. The van der Waals surface area contributed by atoms with Gasteiger partial charge in [-0.25, -0.2) is 12.2 Å². The normalized spacial score (nSPS) is 18.8. The Morgan fingerprint density at radius 1 is 0.558 bits per heavy atom. The van der Waals surface area contributed by atoms with Gasteiger partial charge >= 0.3 is 62.7 Å². The molecule has 2 unspecified atom stereocenters. The van der Waals surface area contributed by atoms with Crippen LogP contribution in [-0.2, 0) is 23.0 Å². The van der Waals surface area contributed by atoms with Gasteiger partial charge in [0.1, 0.15) is 0 Å². The van der Waals surface area contributed by atoms with Crippen molar-refractivity contribution in [2.24, 2.45) is 0 Å². The van der Waals surface area contributed by atoms with Crippen molar-refractivity contribution >= 4 is 39.8 Å². The van der Waals surface area contributed by atoms with Gasteiger partial charge in [-0.3, -0.25) is 0 Å². The molecule has 0 aromatic heterocycles. The zero-order valence-electron chi connectivity index (χ0n) is 29.9. The number of hydrogen-bond donors (Lipinski definition) is 0. The van der Waals surface area contributed by atoms with Crippen LogP contribution >= 0.6 is 23.2 Å². The van der Waals surface area contributed by atoms with E-state index in [0.717, 1.165) is 12.8 Å². The van der Waals surface area contributed by atoms with Gasteiger partial charge < -0.3 is 0 Å². The number of alkyl halides is 2. The molecule has 4 aromatic carbocycles. The number of fused-ring (bicyclic) bond motifs is 2. The fourth-order valence-electron chi connectivity index (χ4n) is 6.99. The molecule has 0 amide bonds. The quantitative estimate of drug-likeness (QED) is 0.106. The number of allylic oxidation sites excluding steroid dienone is 16. The van der Waals surface area contributed by atoms with Crippen LogP contribution in [0.1, 0.15) is 60.8 Å². The van der Waals surface area contributed by atoms with Gasteiger partial charge in [0.25, 0.3) is 0 Å². The van der Waals surface area contributed by atoms with Crippen molar-refractivity contribution in [3.63, 3.8) is 0 Å². The van der Waals surface area contributed by atoms with E-state index in [0.29, 0.717) is 11.8 Å². The molecule has 0 aliphatic heterocycles. The molecule has 0 nitrogen and oxygen atoms in total. The van der Waals surface area contributed by atoms with Crippen LogP contribution in [0.2, 0.25) is 6.55 Å². The fourth-order valence-corrected chi connectivity index (χ4v) is 6.99. The Bertz CT molecular complexity index is 1980. The zero-order valence-corrected chi connectivity index (χ0v) is 36.0. The van der Waals surface area contributed by atoms with Gasteiger partial charge in [-0.05, 0) is 46.9 Å². The number of rotatable bonds is 5. The minimum atomic E-state index is -0.282. The Hall–Kier alpha value is -3.53. The summed E-state index contributed by atoms with van der Waals surface area (Å²) in [4.78, 5) is 0. The summed E-state index contributed by atoms with van der Waals surface area (Å²) in [5, 5.41) is 0. The molecule has 4 aromatic rings. The predicted octanol–water partition coefficient (Wildman–Crippen LogP) is 13.2. The first-order valence-electron chi connectivity index (χ1n) is 17.8. The maximum atomic E-state index is 5.46. The van der Waals surface area contributed by atoms with Crippen LogP contribution < -0.4 is 0 Å². The fraction of sp³-hybridized carbons (Fsp3) is 0.167. The van der Waals surface area contributed by atoms with Gasteiger partial charge in [0, 0.05) is 0 Å². The first-order chi connectivity index (χ1) is 25.3. The van der Waals surface area contributed by atoms with Gasteiger partial charge in [-0.2, -0.15) is 45.6 Å². The third-order valence-electron chi connectivity index (χ3n) is 9.46. The number of halogens is 2. The second-order valence-corrected chi connectivity index (χ2v) is 25.6. The van der Waals surface area contributed by atoms with E-state index in [4.69, 9.17) is 23.2 Å². The summed E-state index contributed by atoms with van der Waals surface area (Å²) < 4.78 is -0.0401. The summed E-state index contributed by atoms with van der Waals surface area (Å²) in [7, 11) is 0. The molecule has 2 atom stereocenters. The molecule has 256 valence electrons. The SMILES string of the molecule is CC1=CC2=C(c3ccccc3)C=CCC(c3ccccc3)C2=[C-]1.CC1=CC2=C(c3ccccc3)C=CCC(c3ccccc3)C2=[C-]1.C[Si](=[Hf+2])C(Cl)Cl. The second kappa shape index (κ2) is 18.5. The van der Waals surface area contributed by atoms with Crippen molar-refractivity contribution < 1.29 is 23.0 Å². The van der Waals surface area contributed by atoms with Crippen LogP contribution in [0.5, 0.6) is 0 Å². The van der Waals surface area contributed by atoms with Crippen molar-refractivity contribution in [1.82, 2.24) is 0 Å².